The fraction of sp³-hybridized carbons (Fsp3) is 0.231. The van der Waals surface area contributed by atoms with Crippen molar-refractivity contribution in [2.24, 2.45) is 0 Å². The van der Waals surface area contributed by atoms with Crippen LogP contribution in [0.2, 0.25) is 0 Å². The summed E-state index contributed by atoms with van der Waals surface area (Å²) < 4.78 is 0. The van der Waals surface area contributed by atoms with Crippen molar-refractivity contribution < 1.29 is 4.79 Å². The normalized spacial score (nSPS) is 10.4. The number of nitriles is 3. The molecular weight excluding hydrogens is 242 g/mol. The van der Waals surface area contributed by atoms with E-state index in [2.05, 4.69) is 10.6 Å². The molecule has 0 radical (unpaired) electrons. The Hall–Kier alpha value is -3.04. The molecule has 6 heteroatoms. The molecule has 0 heterocycles. The first-order valence-electron chi connectivity index (χ1n) is 5.47. The molecule has 0 saturated heterocycles. The predicted octanol–water partition coefficient (Wildman–Crippen LogP) is 0.870. The highest BCUT2D eigenvalue weighted by atomic mass is 16.2. The van der Waals surface area contributed by atoms with Crippen molar-refractivity contribution in [3.05, 3.63) is 29.3 Å². The minimum absolute atomic E-state index is 0.0539. The van der Waals surface area contributed by atoms with Gasteiger partial charge in [-0.15, -0.1) is 0 Å². The van der Waals surface area contributed by atoms with E-state index in [4.69, 9.17) is 15.8 Å². The molecule has 2 N–H and O–H groups in total. The van der Waals surface area contributed by atoms with Crippen LogP contribution in [-0.4, -0.2) is 18.5 Å². The van der Waals surface area contributed by atoms with Crippen LogP contribution < -0.4 is 10.6 Å². The first kappa shape index (κ1) is 14.0. The molecule has 0 bridgehead atoms. The van der Waals surface area contributed by atoms with Crippen molar-refractivity contribution in [3.8, 4) is 18.2 Å². The average Bonchev–Trinajstić information content (AvgIpc) is 2.44. The van der Waals surface area contributed by atoms with Gasteiger partial charge in [-0.3, -0.25) is 4.79 Å². The van der Waals surface area contributed by atoms with Gasteiger partial charge in [0.1, 0.15) is 24.7 Å². The van der Waals surface area contributed by atoms with Gasteiger partial charge in [-0.05, 0) is 25.1 Å². The van der Waals surface area contributed by atoms with Crippen LogP contribution in [0.4, 0.5) is 5.69 Å². The molecule has 0 aliphatic carbocycles. The van der Waals surface area contributed by atoms with Gasteiger partial charge in [-0.25, -0.2) is 0 Å². The number of carbonyl (C=O) groups excluding carboxylic acids is 1. The highest BCUT2D eigenvalue weighted by Crippen LogP contribution is 2.15. The number of carbonyl (C=O) groups is 1. The van der Waals surface area contributed by atoms with Crippen LogP contribution in [0.1, 0.15) is 18.1 Å². The zero-order valence-corrected chi connectivity index (χ0v) is 10.3. The Morgan fingerprint density at radius 1 is 1.26 bits per heavy atom. The van der Waals surface area contributed by atoms with Crippen LogP contribution in [0.15, 0.2) is 18.2 Å². The molecule has 1 aromatic carbocycles. The Kier molecular flexibility index (Phi) is 4.90. The number of rotatable bonds is 4. The standard InChI is InChI=1S/C13H11N5O/c1-9(13(19)17-5-4-14)18-12-3-2-10(7-15)11(6-12)8-16/h2-3,6,9,18H,5H2,1H3,(H,17,19). The summed E-state index contributed by atoms with van der Waals surface area (Å²) in [5.74, 6) is -0.315. The minimum atomic E-state index is -0.548. The maximum atomic E-state index is 11.5. The molecule has 1 rings (SSSR count). The van der Waals surface area contributed by atoms with Crippen molar-refractivity contribution in [1.29, 1.82) is 15.8 Å². The van der Waals surface area contributed by atoms with Gasteiger partial charge >= 0.3 is 0 Å². The van der Waals surface area contributed by atoms with Crippen LogP contribution in [0.3, 0.4) is 0 Å². The second-order valence-electron chi connectivity index (χ2n) is 3.73. The Balaban J connectivity index is 2.79. The number of anilines is 1. The summed E-state index contributed by atoms with van der Waals surface area (Å²) in [7, 11) is 0. The highest BCUT2D eigenvalue weighted by molar-refractivity contribution is 5.84. The SMILES string of the molecule is CC(Nc1ccc(C#N)c(C#N)c1)C(=O)NCC#N. The molecule has 1 amide bonds. The van der Waals surface area contributed by atoms with Crippen molar-refractivity contribution in [2.75, 3.05) is 11.9 Å². The zero-order valence-electron chi connectivity index (χ0n) is 10.3. The van der Waals surface area contributed by atoms with E-state index in [0.717, 1.165) is 0 Å². The van der Waals surface area contributed by atoms with E-state index in [1.165, 1.54) is 12.1 Å². The van der Waals surface area contributed by atoms with E-state index in [9.17, 15) is 4.79 Å². The Bertz CT molecular complexity index is 603. The van der Waals surface area contributed by atoms with Crippen molar-refractivity contribution >= 4 is 11.6 Å². The van der Waals surface area contributed by atoms with Gasteiger partial charge in [0.05, 0.1) is 17.2 Å². The van der Waals surface area contributed by atoms with Crippen LogP contribution in [-0.2, 0) is 4.79 Å². The minimum Gasteiger partial charge on any atom is -0.374 e. The number of nitrogens with zero attached hydrogens (tertiary/aromatic N) is 3. The molecule has 0 aliphatic rings. The molecule has 0 aliphatic heterocycles. The van der Waals surface area contributed by atoms with Gasteiger partial charge in [0.15, 0.2) is 0 Å². The fourth-order valence-corrected chi connectivity index (χ4v) is 1.42. The van der Waals surface area contributed by atoms with Gasteiger partial charge in [0.25, 0.3) is 0 Å². The summed E-state index contributed by atoms with van der Waals surface area (Å²) in [6.45, 7) is 1.58. The first-order chi connectivity index (χ1) is 9.12. The van der Waals surface area contributed by atoms with E-state index in [1.807, 2.05) is 18.2 Å². The average molecular weight is 253 g/mol. The topological polar surface area (TPSA) is 112 Å². The molecule has 0 saturated carbocycles. The van der Waals surface area contributed by atoms with E-state index in [0.29, 0.717) is 5.69 Å². The quantitative estimate of drug-likeness (QED) is 0.773. The van der Waals surface area contributed by atoms with Crippen LogP contribution >= 0.6 is 0 Å². The Morgan fingerprint density at radius 3 is 2.53 bits per heavy atom. The van der Waals surface area contributed by atoms with Crippen molar-refractivity contribution in [3.63, 3.8) is 0 Å². The number of hydrogen-bond acceptors (Lipinski definition) is 5. The molecule has 1 aromatic rings. The third-order valence-corrected chi connectivity index (χ3v) is 2.38. The van der Waals surface area contributed by atoms with E-state index in [1.54, 1.807) is 13.0 Å². The van der Waals surface area contributed by atoms with Gasteiger partial charge in [0, 0.05) is 5.69 Å². The van der Waals surface area contributed by atoms with Gasteiger partial charge in [-0.2, -0.15) is 15.8 Å². The lowest BCUT2D eigenvalue weighted by Gasteiger charge is -2.14. The third-order valence-electron chi connectivity index (χ3n) is 2.38. The zero-order chi connectivity index (χ0) is 14.3. The maximum Gasteiger partial charge on any atom is 0.243 e. The largest absolute Gasteiger partial charge is 0.374 e. The van der Waals surface area contributed by atoms with Gasteiger partial charge in [0.2, 0.25) is 5.91 Å². The van der Waals surface area contributed by atoms with Crippen molar-refractivity contribution in [2.45, 2.75) is 13.0 Å². The molecular formula is C13H11N5O. The molecule has 19 heavy (non-hydrogen) atoms. The fourth-order valence-electron chi connectivity index (χ4n) is 1.42. The Labute approximate surface area is 110 Å². The molecule has 1 unspecified atom stereocenters. The van der Waals surface area contributed by atoms with E-state index >= 15 is 0 Å². The second-order valence-corrected chi connectivity index (χ2v) is 3.73. The third kappa shape index (κ3) is 3.73. The summed E-state index contributed by atoms with van der Waals surface area (Å²) in [5.41, 5.74) is 1.10. The first-order valence-corrected chi connectivity index (χ1v) is 5.47. The number of nitrogens with one attached hydrogen (secondary N) is 2. The van der Waals surface area contributed by atoms with Crippen LogP contribution in [0.5, 0.6) is 0 Å². The summed E-state index contributed by atoms with van der Waals surface area (Å²) in [4.78, 5) is 11.5. The molecule has 6 nitrogen and oxygen atoms in total. The van der Waals surface area contributed by atoms with Crippen LogP contribution in [0.25, 0.3) is 0 Å². The Morgan fingerprint density at radius 2 is 1.95 bits per heavy atom. The smallest absolute Gasteiger partial charge is 0.243 e. The lowest BCUT2D eigenvalue weighted by Crippen LogP contribution is -2.37. The summed E-state index contributed by atoms with van der Waals surface area (Å²) in [6, 6.07) is 9.73. The van der Waals surface area contributed by atoms with E-state index in [-0.39, 0.29) is 23.6 Å². The summed E-state index contributed by atoms with van der Waals surface area (Å²) in [5, 5.41) is 31.4. The predicted molar refractivity (Wildman–Crippen MR) is 67.6 cm³/mol. The summed E-state index contributed by atoms with van der Waals surface area (Å²) in [6.07, 6.45) is 0. The molecule has 0 fully saturated rings. The second kappa shape index (κ2) is 6.64. The lowest BCUT2D eigenvalue weighted by atomic mass is 10.1. The van der Waals surface area contributed by atoms with Crippen LogP contribution in [0, 0.1) is 34.0 Å². The van der Waals surface area contributed by atoms with Gasteiger partial charge in [-0.1, -0.05) is 0 Å². The number of benzene rings is 1. The molecule has 0 spiro atoms. The highest BCUT2D eigenvalue weighted by Gasteiger charge is 2.12. The van der Waals surface area contributed by atoms with Gasteiger partial charge < -0.3 is 10.6 Å². The van der Waals surface area contributed by atoms with Crippen molar-refractivity contribution in [1.82, 2.24) is 5.32 Å². The number of amides is 1. The van der Waals surface area contributed by atoms with E-state index < -0.39 is 6.04 Å². The number of hydrogen-bond donors (Lipinski definition) is 2. The lowest BCUT2D eigenvalue weighted by molar-refractivity contribution is -0.121. The monoisotopic (exact) mass is 253 g/mol. The summed E-state index contributed by atoms with van der Waals surface area (Å²) >= 11 is 0. The molecule has 94 valence electrons. The maximum absolute atomic E-state index is 11.5. The molecule has 0 aromatic heterocycles. The molecule has 1 atom stereocenters.